The van der Waals surface area contributed by atoms with Crippen LogP contribution in [0.3, 0.4) is 0 Å². The Balaban J connectivity index is 1.66. The van der Waals surface area contributed by atoms with E-state index in [1.54, 1.807) is 17.9 Å². The first-order chi connectivity index (χ1) is 14.0. The summed E-state index contributed by atoms with van der Waals surface area (Å²) < 4.78 is 27.3. The lowest BCUT2D eigenvalue weighted by molar-refractivity contribution is -0.131. The minimum Gasteiger partial charge on any atom is -0.337 e. The van der Waals surface area contributed by atoms with E-state index in [-0.39, 0.29) is 34.6 Å². The molecule has 3 rings (SSSR count). The maximum absolute atomic E-state index is 12.6. The van der Waals surface area contributed by atoms with Gasteiger partial charge in [0.05, 0.1) is 10.8 Å². The molecule has 0 spiro atoms. The van der Waals surface area contributed by atoms with Gasteiger partial charge in [0.1, 0.15) is 0 Å². The quantitative estimate of drug-likeness (QED) is 0.748. The average molecular weight is 432 g/mol. The molecule has 160 valence electrons. The number of aryl methyl sites for hydroxylation is 1. The standard InChI is InChI=1S/C20H25N5O4S/c1-13-9-10-21-19(22-13)24-30(28,29)16-7-5-15(6-8-16)23-18(27)14-11-17(26)25(12-14)20(2,3)4/h5-10,14H,11-12H2,1-4H3,(H,23,27)(H,21,22,24)/t14-/m1/s1. The number of sulfonamides is 1. The van der Waals surface area contributed by atoms with Crippen molar-refractivity contribution < 1.29 is 18.0 Å². The van der Waals surface area contributed by atoms with Gasteiger partial charge in [0, 0.05) is 36.1 Å². The highest BCUT2D eigenvalue weighted by atomic mass is 32.2. The summed E-state index contributed by atoms with van der Waals surface area (Å²) in [7, 11) is -3.86. The van der Waals surface area contributed by atoms with Gasteiger partial charge in [-0.15, -0.1) is 0 Å². The fraction of sp³-hybridized carbons (Fsp3) is 0.400. The number of carbonyl (C=O) groups is 2. The molecule has 0 radical (unpaired) electrons. The minimum absolute atomic E-state index is 0.0123. The summed E-state index contributed by atoms with van der Waals surface area (Å²) >= 11 is 0. The van der Waals surface area contributed by atoms with E-state index in [1.165, 1.54) is 30.5 Å². The van der Waals surface area contributed by atoms with Crippen LogP contribution < -0.4 is 10.0 Å². The van der Waals surface area contributed by atoms with Crippen LogP contribution in [0.25, 0.3) is 0 Å². The van der Waals surface area contributed by atoms with Crippen LogP contribution in [0.4, 0.5) is 11.6 Å². The zero-order chi connectivity index (χ0) is 22.1. The molecule has 1 aliphatic heterocycles. The molecule has 9 nitrogen and oxygen atoms in total. The molecule has 10 heteroatoms. The summed E-state index contributed by atoms with van der Waals surface area (Å²) in [5.74, 6) is -0.771. The Bertz CT molecular complexity index is 1060. The number of carbonyl (C=O) groups excluding carboxylic acids is 2. The molecule has 2 aromatic rings. The molecule has 2 heterocycles. The van der Waals surface area contributed by atoms with Crippen LogP contribution in [0.5, 0.6) is 0 Å². The Morgan fingerprint density at radius 2 is 1.83 bits per heavy atom. The molecule has 1 aromatic heterocycles. The molecule has 0 saturated carbocycles. The SMILES string of the molecule is Cc1ccnc(NS(=O)(=O)c2ccc(NC(=O)[C@@H]3CC(=O)N(C(C)(C)C)C3)cc2)n1. The van der Waals surface area contributed by atoms with Crippen LogP contribution in [0.1, 0.15) is 32.9 Å². The smallest absolute Gasteiger partial charge is 0.264 e. The van der Waals surface area contributed by atoms with Gasteiger partial charge in [0.25, 0.3) is 10.0 Å². The Hall–Kier alpha value is -3.01. The van der Waals surface area contributed by atoms with E-state index in [0.29, 0.717) is 17.9 Å². The Morgan fingerprint density at radius 3 is 2.40 bits per heavy atom. The van der Waals surface area contributed by atoms with Crippen molar-refractivity contribution in [3.8, 4) is 0 Å². The van der Waals surface area contributed by atoms with Gasteiger partial charge < -0.3 is 10.2 Å². The molecule has 1 aromatic carbocycles. The first-order valence-corrected chi connectivity index (χ1v) is 11.0. The van der Waals surface area contributed by atoms with E-state index in [1.807, 2.05) is 20.8 Å². The van der Waals surface area contributed by atoms with Gasteiger partial charge in [-0.25, -0.2) is 23.1 Å². The lowest BCUT2D eigenvalue weighted by atomic mass is 10.1. The number of anilines is 2. The predicted molar refractivity (Wildman–Crippen MR) is 112 cm³/mol. The predicted octanol–water partition coefficient (Wildman–Crippen LogP) is 2.17. The normalized spacial score (nSPS) is 17.1. The van der Waals surface area contributed by atoms with E-state index in [0.717, 1.165) is 0 Å². The second-order valence-electron chi connectivity index (χ2n) is 8.22. The van der Waals surface area contributed by atoms with Crippen LogP contribution in [0.2, 0.25) is 0 Å². The van der Waals surface area contributed by atoms with Crippen molar-refractivity contribution >= 4 is 33.5 Å². The molecular formula is C20H25N5O4S. The fourth-order valence-electron chi connectivity index (χ4n) is 3.17. The maximum atomic E-state index is 12.6. The molecule has 30 heavy (non-hydrogen) atoms. The highest BCUT2D eigenvalue weighted by Crippen LogP contribution is 2.27. The molecule has 1 fully saturated rings. The first kappa shape index (κ1) is 21.7. The third kappa shape index (κ3) is 4.93. The van der Waals surface area contributed by atoms with Gasteiger partial charge in [-0.2, -0.15) is 0 Å². The summed E-state index contributed by atoms with van der Waals surface area (Å²) in [4.78, 5) is 34.4. The lowest BCUT2D eigenvalue weighted by Crippen LogP contribution is -2.42. The molecular weight excluding hydrogens is 406 g/mol. The monoisotopic (exact) mass is 431 g/mol. The van der Waals surface area contributed by atoms with Gasteiger partial charge in [0.2, 0.25) is 17.8 Å². The topological polar surface area (TPSA) is 121 Å². The van der Waals surface area contributed by atoms with Crippen molar-refractivity contribution in [1.29, 1.82) is 0 Å². The molecule has 0 aliphatic carbocycles. The summed E-state index contributed by atoms with van der Waals surface area (Å²) in [6, 6.07) is 7.43. The second-order valence-corrected chi connectivity index (χ2v) is 9.90. The number of hydrogen-bond acceptors (Lipinski definition) is 6. The first-order valence-electron chi connectivity index (χ1n) is 9.49. The van der Waals surface area contributed by atoms with Crippen molar-refractivity contribution in [2.45, 2.75) is 44.6 Å². The van der Waals surface area contributed by atoms with E-state index in [9.17, 15) is 18.0 Å². The number of rotatable bonds is 5. The van der Waals surface area contributed by atoms with Crippen molar-refractivity contribution in [2.75, 3.05) is 16.6 Å². The van der Waals surface area contributed by atoms with Gasteiger partial charge in [-0.05, 0) is 58.0 Å². The molecule has 0 bridgehead atoms. The average Bonchev–Trinajstić information content (AvgIpc) is 3.04. The highest BCUT2D eigenvalue weighted by molar-refractivity contribution is 7.92. The summed E-state index contributed by atoms with van der Waals surface area (Å²) in [5, 5.41) is 2.75. The minimum atomic E-state index is -3.86. The van der Waals surface area contributed by atoms with Gasteiger partial charge in [-0.1, -0.05) is 0 Å². The Morgan fingerprint density at radius 1 is 1.17 bits per heavy atom. The lowest BCUT2D eigenvalue weighted by Gasteiger charge is -2.31. The largest absolute Gasteiger partial charge is 0.337 e. The second kappa shape index (κ2) is 8.02. The number of likely N-dealkylation sites (tertiary alicyclic amines) is 1. The van der Waals surface area contributed by atoms with Crippen LogP contribution in [-0.4, -0.2) is 47.2 Å². The summed E-state index contributed by atoms with van der Waals surface area (Å²) in [6.07, 6.45) is 1.63. The third-order valence-corrected chi connectivity index (χ3v) is 6.10. The van der Waals surface area contributed by atoms with Crippen molar-refractivity contribution in [3.05, 3.63) is 42.2 Å². The van der Waals surface area contributed by atoms with Crippen molar-refractivity contribution in [1.82, 2.24) is 14.9 Å². The van der Waals surface area contributed by atoms with Gasteiger partial charge in [0.15, 0.2) is 0 Å². The maximum Gasteiger partial charge on any atom is 0.264 e. The van der Waals surface area contributed by atoms with Crippen molar-refractivity contribution in [2.24, 2.45) is 5.92 Å². The van der Waals surface area contributed by atoms with E-state index in [4.69, 9.17) is 0 Å². The zero-order valence-electron chi connectivity index (χ0n) is 17.3. The zero-order valence-corrected chi connectivity index (χ0v) is 18.2. The van der Waals surface area contributed by atoms with Crippen molar-refractivity contribution in [3.63, 3.8) is 0 Å². The number of nitrogens with one attached hydrogen (secondary N) is 2. The van der Waals surface area contributed by atoms with Crippen LogP contribution in [-0.2, 0) is 19.6 Å². The molecule has 1 atom stereocenters. The third-order valence-electron chi connectivity index (χ3n) is 4.76. The Kier molecular flexibility index (Phi) is 5.80. The summed E-state index contributed by atoms with van der Waals surface area (Å²) in [5.41, 5.74) is 0.749. The van der Waals surface area contributed by atoms with Crippen LogP contribution in [0, 0.1) is 12.8 Å². The van der Waals surface area contributed by atoms with Crippen LogP contribution >= 0.6 is 0 Å². The highest BCUT2D eigenvalue weighted by Gasteiger charge is 2.39. The number of hydrogen-bond donors (Lipinski definition) is 2. The Labute approximate surface area is 176 Å². The van der Waals surface area contributed by atoms with E-state index in [2.05, 4.69) is 20.0 Å². The molecule has 1 saturated heterocycles. The summed E-state index contributed by atoms with van der Waals surface area (Å²) in [6.45, 7) is 7.89. The molecule has 2 amide bonds. The number of amides is 2. The number of benzene rings is 1. The van der Waals surface area contributed by atoms with Gasteiger partial charge in [-0.3, -0.25) is 9.59 Å². The van der Waals surface area contributed by atoms with Gasteiger partial charge >= 0.3 is 0 Å². The molecule has 1 aliphatic rings. The molecule has 2 N–H and O–H groups in total. The number of nitrogens with zero attached hydrogens (tertiary/aromatic N) is 3. The molecule has 0 unspecified atom stereocenters. The van der Waals surface area contributed by atoms with Crippen LogP contribution in [0.15, 0.2) is 41.4 Å². The van der Waals surface area contributed by atoms with E-state index < -0.39 is 15.9 Å². The fourth-order valence-corrected chi connectivity index (χ4v) is 4.12. The number of aromatic nitrogens is 2. The van der Waals surface area contributed by atoms with E-state index >= 15 is 0 Å².